The molecule has 0 unspecified atom stereocenters. The van der Waals surface area contributed by atoms with E-state index < -0.39 is 0 Å². The van der Waals surface area contributed by atoms with Gasteiger partial charge in [-0.25, -0.2) is 19.9 Å². The second-order valence-electron chi connectivity index (χ2n) is 9.49. The van der Waals surface area contributed by atoms with Gasteiger partial charge in [-0.05, 0) is 75.3 Å². The molecule has 34 heavy (non-hydrogen) atoms. The first-order valence-electron chi connectivity index (χ1n) is 12.9. The third-order valence-electron chi connectivity index (χ3n) is 7.19. The first-order chi connectivity index (χ1) is 16.9. The zero-order valence-electron chi connectivity index (χ0n) is 19.7. The Labute approximate surface area is 208 Å². The summed E-state index contributed by atoms with van der Waals surface area (Å²) in [4.78, 5) is 23.6. The predicted octanol–water partition coefficient (Wildman–Crippen LogP) is 6.54. The molecule has 0 radical (unpaired) electrons. The molecule has 178 valence electrons. The summed E-state index contributed by atoms with van der Waals surface area (Å²) < 4.78 is 0. The van der Waals surface area contributed by atoms with Crippen molar-refractivity contribution in [1.82, 2.24) is 19.9 Å². The summed E-state index contributed by atoms with van der Waals surface area (Å²) in [5.74, 6) is 2.08. The standard InChI is InChI=1S/C26H32N6S2/c1(7-13-27-23-21-17-9-3-5-11-19(17)33-25(21)31-15-29-23)2-8-14-28-24-22-18-10-4-6-12-20(18)34-26(22)32-16-30-24/h15-16H,1-14H2,(H,27,29,31)(H,28,30,32). The van der Waals surface area contributed by atoms with Crippen molar-refractivity contribution in [2.75, 3.05) is 23.7 Å². The third-order valence-corrected chi connectivity index (χ3v) is 9.59. The van der Waals surface area contributed by atoms with Crippen molar-refractivity contribution >= 4 is 54.7 Å². The molecule has 4 heterocycles. The average molecular weight is 493 g/mol. The molecule has 0 spiro atoms. The van der Waals surface area contributed by atoms with Gasteiger partial charge in [-0.1, -0.05) is 12.8 Å². The summed E-state index contributed by atoms with van der Waals surface area (Å²) in [7, 11) is 0. The van der Waals surface area contributed by atoms with Gasteiger partial charge in [0.25, 0.3) is 0 Å². The summed E-state index contributed by atoms with van der Waals surface area (Å²) >= 11 is 3.73. The monoisotopic (exact) mass is 492 g/mol. The molecule has 6 nitrogen and oxygen atoms in total. The van der Waals surface area contributed by atoms with Gasteiger partial charge in [-0.15, -0.1) is 22.7 Å². The topological polar surface area (TPSA) is 75.6 Å². The fourth-order valence-corrected chi connectivity index (χ4v) is 7.92. The molecule has 4 aromatic heterocycles. The molecule has 0 saturated carbocycles. The maximum absolute atomic E-state index is 4.58. The summed E-state index contributed by atoms with van der Waals surface area (Å²) in [6, 6.07) is 0. The van der Waals surface area contributed by atoms with Crippen LogP contribution in [-0.4, -0.2) is 33.0 Å². The number of aryl methyl sites for hydroxylation is 4. The van der Waals surface area contributed by atoms with Crippen molar-refractivity contribution in [3.05, 3.63) is 33.5 Å². The number of unbranched alkanes of at least 4 members (excludes halogenated alkanes) is 3. The number of hydrogen-bond acceptors (Lipinski definition) is 8. The lowest BCUT2D eigenvalue weighted by Gasteiger charge is -2.13. The van der Waals surface area contributed by atoms with E-state index in [0.717, 1.165) is 47.2 Å². The number of thiophene rings is 2. The van der Waals surface area contributed by atoms with Crippen LogP contribution in [0.2, 0.25) is 0 Å². The zero-order chi connectivity index (χ0) is 22.7. The predicted molar refractivity (Wildman–Crippen MR) is 144 cm³/mol. The largest absolute Gasteiger partial charge is 0.369 e. The van der Waals surface area contributed by atoms with Crippen LogP contribution in [0.25, 0.3) is 20.4 Å². The lowest BCUT2D eigenvalue weighted by Crippen LogP contribution is -2.07. The van der Waals surface area contributed by atoms with Crippen LogP contribution in [0.3, 0.4) is 0 Å². The fourth-order valence-electron chi connectivity index (χ4n) is 5.47. The Bertz CT molecular complexity index is 1190. The van der Waals surface area contributed by atoms with Crippen LogP contribution < -0.4 is 10.6 Å². The minimum absolute atomic E-state index is 0.970. The summed E-state index contributed by atoms with van der Waals surface area (Å²) in [5.41, 5.74) is 3.01. The van der Waals surface area contributed by atoms with Crippen molar-refractivity contribution in [3.63, 3.8) is 0 Å². The number of rotatable bonds is 9. The van der Waals surface area contributed by atoms with Crippen LogP contribution in [0, 0.1) is 0 Å². The summed E-state index contributed by atoms with van der Waals surface area (Å²) in [6.07, 6.45) is 18.2. The Morgan fingerprint density at radius 2 is 1.06 bits per heavy atom. The summed E-state index contributed by atoms with van der Waals surface area (Å²) in [5, 5.41) is 9.80. The molecule has 8 heteroatoms. The van der Waals surface area contributed by atoms with E-state index in [1.807, 2.05) is 22.7 Å². The van der Waals surface area contributed by atoms with Gasteiger partial charge in [-0.3, -0.25) is 0 Å². The van der Waals surface area contributed by atoms with Crippen molar-refractivity contribution in [2.24, 2.45) is 0 Å². The molecule has 0 saturated heterocycles. The van der Waals surface area contributed by atoms with E-state index in [0.29, 0.717) is 0 Å². The van der Waals surface area contributed by atoms with E-state index in [-0.39, 0.29) is 0 Å². The van der Waals surface area contributed by atoms with Crippen LogP contribution in [0.1, 0.15) is 72.2 Å². The van der Waals surface area contributed by atoms with Crippen LogP contribution in [0.4, 0.5) is 11.6 Å². The minimum atomic E-state index is 0.970. The van der Waals surface area contributed by atoms with Gasteiger partial charge < -0.3 is 10.6 Å². The normalized spacial score (nSPS) is 15.4. The van der Waals surface area contributed by atoms with E-state index in [2.05, 4.69) is 30.6 Å². The van der Waals surface area contributed by atoms with Crippen molar-refractivity contribution in [2.45, 2.75) is 77.0 Å². The van der Waals surface area contributed by atoms with Gasteiger partial charge >= 0.3 is 0 Å². The number of aromatic nitrogens is 4. The van der Waals surface area contributed by atoms with Crippen molar-refractivity contribution in [3.8, 4) is 0 Å². The molecule has 2 aliphatic carbocycles. The lowest BCUT2D eigenvalue weighted by atomic mass is 9.97. The van der Waals surface area contributed by atoms with Crippen LogP contribution in [0.5, 0.6) is 0 Å². The van der Waals surface area contributed by atoms with Crippen LogP contribution in [-0.2, 0) is 25.7 Å². The molecule has 0 aromatic carbocycles. The zero-order valence-corrected chi connectivity index (χ0v) is 21.3. The number of fused-ring (bicyclic) bond motifs is 6. The van der Waals surface area contributed by atoms with Gasteiger partial charge in [0.15, 0.2) is 0 Å². The van der Waals surface area contributed by atoms with Gasteiger partial charge in [0, 0.05) is 22.8 Å². The van der Waals surface area contributed by atoms with Gasteiger partial charge in [0.2, 0.25) is 0 Å². The molecule has 6 rings (SSSR count). The Morgan fingerprint density at radius 1 is 0.588 bits per heavy atom. The lowest BCUT2D eigenvalue weighted by molar-refractivity contribution is 0.669. The Hall–Kier alpha value is -2.32. The van der Waals surface area contributed by atoms with Gasteiger partial charge in [0.05, 0.1) is 10.8 Å². The fraction of sp³-hybridized carbons (Fsp3) is 0.538. The summed E-state index contributed by atoms with van der Waals surface area (Å²) in [6.45, 7) is 1.94. The second kappa shape index (κ2) is 10.1. The molecule has 2 N–H and O–H groups in total. The van der Waals surface area contributed by atoms with Gasteiger partial charge in [0.1, 0.15) is 34.0 Å². The van der Waals surface area contributed by atoms with Crippen molar-refractivity contribution in [1.29, 1.82) is 0 Å². The van der Waals surface area contributed by atoms with E-state index in [1.165, 1.54) is 95.9 Å². The van der Waals surface area contributed by atoms with Crippen LogP contribution in [0.15, 0.2) is 12.7 Å². The van der Waals surface area contributed by atoms with Crippen molar-refractivity contribution < 1.29 is 0 Å². The molecule has 0 aliphatic heterocycles. The highest BCUT2D eigenvalue weighted by Crippen LogP contribution is 2.39. The molecule has 2 aliphatic rings. The molecule has 0 fully saturated rings. The van der Waals surface area contributed by atoms with Gasteiger partial charge in [-0.2, -0.15) is 0 Å². The number of nitrogens with zero attached hydrogens (tertiary/aromatic N) is 4. The van der Waals surface area contributed by atoms with E-state index in [4.69, 9.17) is 0 Å². The quantitative estimate of drug-likeness (QED) is 0.258. The first kappa shape index (κ1) is 22.2. The molecule has 4 aromatic rings. The number of anilines is 2. The molecule has 0 amide bonds. The SMILES string of the molecule is c1nc(NCCCCCCNc2ncnc3sc4c(c23)CCCC4)c2c3c(sc2n1)CCCC3. The average Bonchev–Trinajstić information content (AvgIpc) is 3.44. The number of nitrogens with one attached hydrogen (secondary N) is 2. The van der Waals surface area contributed by atoms with E-state index in [9.17, 15) is 0 Å². The Kier molecular flexibility index (Phi) is 6.60. The van der Waals surface area contributed by atoms with E-state index >= 15 is 0 Å². The maximum Gasteiger partial charge on any atom is 0.138 e. The first-order valence-corrected chi connectivity index (χ1v) is 14.5. The van der Waals surface area contributed by atoms with Crippen LogP contribution >= 0.6 is 22.7 Å². The highest BCUT2D eigenvalue weighted by Gasteiger charge is 2.20. The maximum atomic E-state index is 4.58. The molecular formula is C26H32N6S2. The third kappa shape index (κ3) is 4.38. The molecule has 0 bridgehead atoms. The highest BCUT2D eigenvalue weighted by molar-refractivity contribution is 7.19. The Morgan fingerprint density at radius 3 is 1.56 bits per heavy atom. The number of hydrogen-bond donors (Lipinski definition) is 2. The molecule has 0 atom stereocenters. The highest BCUT2D eigenvalue weighted by atomic mass is 32.1. The smallest absolute Gasteiger partial charge is 0.138 e. The minimum Gasteiger partial charge on any atom is -0.369 e. The Balaban J connectivity index is 0.973. The second-order valence-corrected chi connectivity index (χ2v) is 11.7. The van der Waals surface area contributed by atoms with E-state index in [1.54, 1.807) is 12.7 Å². The molecular weight excluding hydrogens is 460 g/mol.